The van der Waals surface area contributed by atoms with Crippen LogP contribution in [-0.2, 0) is 6.54 Å². The lowest BCUT2D eigenvalue weighted by atomic mass is 10.1. The molecule has 0 spiro atoms. The summed E-state index contributed by atoms with van der Waals surface area (Å²) in [5.74, 6) is 1.49. The summed E-state index contributed by atoms with van der Waals surface area (Å²) in [6.07, 6.45) is 2.40. The van der Waals surface area contributed by atoms with Gasteiger partial charge < -0.3 is 5.32 Å². The van der Waals surface area contributed by atoms with Gasteiger partial charge in [-0.15, -0.1) is 0 Å². The summed E-state index contributed by atoms with van der Waals surface area (Å²) in [5.41, 5.74) is 1.23. The summed E-state index contributed by atoms with van der Waals surface area (Å²) >= 11 is 0. The van der Waals surface area contributed by atoms with Crippen LogP contribution in [0.1, 0.15) is 25.8 Å². The van der Waals surface area contributed by atoms with E-state index in [4.69, 9.17) is 5.26 Å². The van der Waals surface area contributed by atoms with Crippen molar-refractivity contribution in [3.63, 3.8) is 0 Å². The minimum absolute atomic E-state index is 0.580. The molecule has 0 aliphatic carbocycles. The van der Waals surface area contributed by atoms with Gasteiger partial charge >= 0.3 is 0 Å². The first-order valence-electron chi connectivity index (χ1n) is 6.37. The molecular formula is C14H22N4. The van der Waals surface area contributed by atoms with Crippen LogP contribution in [0.4, 0.5) is 5.82 Å². The van der Waals surface area contributed by atoms with Crippen molar-refractivity contribution in [3.05, 3.63) is 23.9 Å². The maximum absolute atomic E-state index is 8.70. The van der Waals surface area contributed by atoms with E-state index in [9.17, 15) is 0 Å². The summed E-state index contributed by atoms with van der Waals surface area (Å²) in [4.78, 5) is 6.53. The third-order valence-electron chi connectivity index (χ3n) is 2.65. The van der Waals surface area contributed by atoms with Gasteiger partial charge in [0.15, 0.2) is 0 Å². The molecule has 1 rings (SSSR count). The zero-order valence-electron chi connectivity index (χ0n) is 11.5. The largest absolute Gasteiger partial charge is 0.373 e. The zero-order valence-corrected chi connectivity index (χ0v) is 11.5. The van der Waals surface area contributed by atoms with E-state index in [2.05, 4.69) is 41.2 Å². The standard InChI is InChI=1S/C14H22N4/c1-12(2)10-18(8-4-6-15)11-13-5-7-17-14(9-13)16-3/h5,7,9,12H,4,8,10-11H2,1-3H3,(H,16,17). The van der Waals surface area contributed by atoms with E-state index in [1.165, 1.54) is 5.56 Å². The summed E-state index contributed by atoms with van der Waals surface area (Å²) in [7, 11) is 1.87. The molecule has 1 aromatic heterocycles. The molecule has 0 aromatic carbocycles. The van der Waals surface area contributed by atoms with Crippen LogP contribution in [0.15, 0.2) is 18.3 Å². The third-order valence-corrected chi connectivity index (χ3v) is 2.65. The van der Waals surface area contributed by atoms with Crippen LogP contribution in [0.3, 0.4) is 0 Å². The summed E-state index contributed by atoms with van der Waals surface area (Å²) in [6.45, 7) is 7.11. The molecule has 4 heteroatoms. The number of aromatic nitrogens is 1. The monoisotopic (exact) mass is 246 g/mol. The minimum Gasteiger partial charge on any atom is -0.373 e. The highest BCUT2D eigenvalue weighted by Gasteiger charge is 2.08. The highest BCUT2D eigenvalue weighted by atomic mass is 15.1. The fourth-order valence-corrected chi connectivity index (χ4v) is 1.93. The van der Waals surface area contributed by atoms with E-state index in [0.717, 1.165) is 25.5 Å². The molecule has 1 aromatic rings. The first-order chi connectivity index (χ1) is 8.65. The van der Waals surface area contributed by atoms with E-state index in [1.54, 1.807) is 0 Å². The number of anilines is 1. The first kappa shape index (κ1) is 14.5. The molecule has 0 radical (unpaired) electrons. The van der Waals surface area contributed by atoms with Gasteiger partial charge in [0.2, 0.25) is 0 Å². The molecule has 18 heavy (non-hydrogen) atoms. The van der Waals surface area contributed by atoms with Gasteiger partial charge in [0.1, 0.15) is 5.82 Å². The zero-order chi connectivity index (χ0) is 13.4. The second-order valence-corrected chi connectivity index (χ2v) is 4.84. The van der Waals surface area contributed by atoms with Gasteiger partial charge in [-0.05, 0) is 23.6 Å². The number of pyridine rings is 1. The Morgan fingerprint density at radius 1 is 1.50 bits per heavy atom. The summed E-state index contributed by atoms with van der Waals surface area (Å²) in [5, 5.41) is 11.7. The molecule has 0 aliphatic heterocycles. The SMILES string of the molecule is CNc1cc(CN(CCC#N)CC(C)C)ccn1. The normalized spacial score (nSPS) is 10.7. The smallest absolute Gasteiger partial charge is 0.125 e. The number of hydrogen-bond donors (Lipinski definition) is 1. The molecule has 0 bridgehead atoms. The third kappa shape index (κ3) is 5.15. The second kappa shape index (κ2) is 7.67. The Labute approximate surface area is 110 Å². The number of nitriles is 1. The van der Waals surface area contributed by atoms with Crippen molar-refractivity contribution in [1.82, 2.24) is 9.88 Å². The lowest BCUT2D eigenvalue weighted by Gasteiger charge is -2.23. The maximum atomic E-state index is 8.70. The van der Waals surface area contributed by atoms with E-state index in [0.29, 0.717) is 12.3 Å². The Kier molecular flexibility index (Phi) is 6.16. The molecule has 1 heterocycles. The predicted molar refractivity (Wildman–Crippen MR) is 74.1 cm³/mol. The van der Waals surface area contributed by atoms with Gasteiger partial charge in [-0.2, -0.15) is 5.26 Å². The van der Waals surface area contributed by atoms with Crippen molar-refractivity contribution in [3.8, 4) is 6.07 Å². The second-order valence-electron chi connectivity index (χ2n) is 4.84. The van der Waals surface area contributed by atoms with Crippen molar-refractivity contribution >= 4 is 5.82 Å². The average Bonchev–Trinajstić information content (AvgIpc) is 2.35. The molecule has 0 aliphatic rings. The van der Waals surface area contributed by atoms with Crippen LogP contribution in [0.2, 0.25) is 0 Å². The molecule has 0 saturated heterocycles. The number of nitrogens with one attached hydrogen (secondary N) is 1. The fraction of sp³-hybridized carbons (Fsp3) is 0.571. The van der Waals surface area contributed by atoms with Gasteiger partial charge in [-0.25, -0.2) is 4.98 Å². The van der Waals surface area contributed by atoms with Crippen LogP contribution in [0.5, 0.6) is 0 Å². The highest BCUT2D eigenvalue weighted by molar-refractivity contribution is 5.36. The first-order valence-corrected chi connectivity index (χ1v) is 6.37. The Hall–Kier alpha value is -1.60. The molecule has 98 valence electrons. The van der Waals surface area contributed by atoms with Crippen LogP contribution in [0, 0.1) is 17.2 Å². The van der Waals surface area contributed by atoms with Crippen molar-refractivity contribution in [2.45, 2.75) is 26.8 Å². The molecule has 0 atom stereocenters. The van der Waals surface area contributed by atoms with Crippen molar-refractivity contribution in [1.29, 1.82) is 5.26 Å². The van der Waals surface area contributed by atoms with Crippen molar-refractivity contribution < 1.29 is 0 Å². The molecular weight excluding hydrogens is 224 g/mol. The average molecular weight is 246 g/mol. The Balaban J connectivity index is 2.65. The van der Waals surface area contributed by atoms with Crippen LogP contribution < -0.4 is 5.32 Å². The predicted octanol–water partition coefficient (Wildman–Crippen LogP) is 2.49. The quantitative estimate of drug-likeness (QED) is 0.803. The molecule has 0 saturated carbocycles. The molecule has 4 nitrogen and oxygen atoms in total. The molecule has 0 amide bonds. The Morgan fingerprint density at radius 3 is 2.89 bits per heavy atom. The minimum atomic E-state index is 0.580. The number of nitrogens with zero attached hydrogens (tertiary/aromatic N) is 3. The summed E-state index contributed by atoms with van der Waals surface area (Å²) in [6, 6.07) is 6.30. The molecule has 1 N–H and O–H groups in total. The lowest BCUT2D eigenvalue weighted by molar-refractivity contribution is 0.241. The lowest BCUT2D eigenvalue weighted by Crippen LogP contribution is -2.28. The van der Waals surface area contributed by atoms with E-state index < -0.39 is 0 Å². The van der Waals surface area contributed by atoms with Gasteiger partial charge in [-0.1, -0.05) is 13.8 Å². The van der Waals surface area contributed by atoms with Gasteiger partial charge in [0, 0.05) is 39.3 Å². The van der Waals surface area contributed by atoms with Crippen LogP contribution >= 0.6 is 0 Å². The topological polar surface area (TPSA) is 52.0 Å². The fourth-order valence-electron chi connectivity index (χ4n) is 1.93. The van der Waals surface area contributed by atoms with E-state index in [1.807, 2.05) is 19.3 Å². The molecule has 0 unspecified atom stereocenters. The van der Waals surface area contributed by atoms with Gasteiger partial charge in [0.05, 0.1) is 6.07 Å². The van der Waals surface area contributed by atoms with Crippen LogP contribution in [-0.4, -0.2) is 30.0 Å². The Morgan fingerprint density at radius 2 is 2.28 bits per heavy atom. The Bertz CT molecular complexity index is 395. The maximum Gasteiger partial charge on any atom is 0.125 e. The summed E-state index contributed by atoms with van der Waals surface area (Å²) < 4.78 is 0. The van der Waals surface area contributed by atoms with Crippen LogP contribution in [0.25, 0.3) is 0 Å². The molecule has 0 fully saturated rings. The number of hydrogen-bond acceptors (Lipinski definition) is 4. The highest BCUT2D eigenvalue weighted by Crippen LogP contribution is 2.11. The van der Waals surface area contributed by atoms with Gasteiger partial charge in [0.25, 0.3) is 0 Å². The van der Waals surface area contributed by atoms with Crippen molar-refractivity contribution in [2.75, 3.05) is 25.5 Å². The van der Waals surface area contributed by atoms with E-state index in [-0.39, 0.29) is 0 Å². The van der Waals surface area contributed by atoms with E-state index >= 15 is 0 Å². The van der Waals surface area contributed by atoms with Crippen molar-refractivity contribution in [2.24, 2.45) is 5.92 Å². The number of rotatable bonds is 7. The van der Waals surface area contributed by atoms with Gasteiger partial charge in [-0.3, -0.25) is 4.90 Å².